The Labute approximate surface area is 134 Å². The summed E-state index contributed by atoms with van der Waals surface area (Å²) in [5.74, 6) is 0.958. The number of hydrogen-bond acceptors (Lipinski definition) is 3. The summed E-state index contributed by atoms with van der Waals surface area (Å²) in [6.45, 7) is 4.84. The van der Waals surface area contributed by atoms with Gasteiger partial charge in [0.1, 0.15) is 11.9 Å². The maximum absolute atomic E-state index is 12.2. The van der Waals surface area contributed by atoms with Gasteiger partial charge in [0, 0.05) is 0 Å². The Balaban J connectivity index is 1.82. The molecule has 2 rings (SSSR count). The molecule has 1 fully saturated rings. The molecule has 2 atom stereocenters. The van der Waals surface area contributed by atoms with Crippen LogP contribution in [0.4, 0.5) is 0 Å². The molecule has 22 heavy (non-hydrogen) atoms. The summed E-state index contributed by atoms with van der Waals surface area (Å²) in [4.78, 5) is 12.2. The van der Waals surface area contributed by atoms with E-state index in [-0.39, 0.29) is 18.0 Å². The van der Waals surface area contributed by atoms with Gasteiger partial charge in [-0.15, -0.1) is 0 Å². The fraction of sp³-hybridized carbons (Fsp3) is 0.632. The minimum absolute atomic E-state index is 0.0124. The van der Waals surface area contributed by atoms with Crippen LogP contribution in [0.1, 0.15) is 70.5 Å². The zero-order valence-electron chi connectivity index (χ0n) is 13.8. The molecular formula is C19H28O3. The highest BCUT2D eigenvalue weighted by molar-refractivity contribution is 5.73. The predicted molar refractivity (Wildman–Crippen MR) is 87.9 cm³/mol. The summed E-state index contributed by atoms with van der Waals surface area (Å²) in [5.41, 5.74) is 1.07. The van der Waals surface area contributed by atoms with Crippen molar-refractivity contribution < 1.29 is 14.3 Å². The maximum Gasteiger partial charge on any atom is 0.309 e. The standard InChI is InChI=1S/C19H28O3/c1-3-5-6-7-8-16-11-14-18(22-19(16)20)15-9-12-17(13-10-15)21-4-2/h9-10,12-13,16,18H,3-8,11,14H2,1-2H3. The van der Waals surface area contributed by atoms with Crippen LogP contribution in [0.5, 0.6) is 5.75 Å². The number of carbonyl (C=O) groups excluding carboxylic acids is 1. The average Bonchev–Trinajstić information content (AvgIpc) is 2.54. The van der Waals surface area contributed by atoms with E-state index in [1.54, 1.807) is 0 Å². The lowest BCUT2D eigenvalue weighted by Gasteiger charge is -2.28. The van der Waals surface area contributed by atoms with Crippen LogP contribution in [-0.2, 0) is 9.53 Å². The third-order valence-corrected chi connectivity index (χ3v) is 4.34. The molecule has 0 bridgehead atoms. The van der Waals surface area contributed by atoms with E-state index >= 15 is 0 Å². The van der Waals surface area contributed by atoms with Crippen molar-refractivity contribution in [2.75, 3.05) is 6.61 Å². The Bertz CT molecular complexity index is 452. The highest BCUT2D eigenvalue weighted by Gasteiger charge is 2.30. The lowest BCUT2D eigenvalue weighted by atomic mass is 9.90. The van der Waals surface area contributed by atoms with Gasteiger partial charge >= 0.3 is 5.97 Å². The number of carbonyl (C=O) groups is 1. The van der Waals surface area contributed by atoms with E-state index in [0.717, 1.165) is 37.0 Å². The number of cyclic esters (lactones) is 1. The molecule has 0 saturated carbocycles. The van der Waals surface area contributed by atoms with Crippen LogP contribution in [0.2, 0.25) is 0 Å². The first kappa shape index (κ1) is 16.9. The van der Waals surface area contributed by atoms with E-state index in [4.69, 9.17) is 9.47 Å². The lowest BCUT2D eigenvalue weighted by molar-refractivity contribution is -0.161. The third-order valence-electron chi connectivity index (χ3n) is 4.34. The Morgan fingerprint density at radius 1 is 1.09 bits per heavy atom. The molecule has 3 nitrogen and oxygen atoms in total. The summed E-state index contributed by atoms with van der Waals surface area (Å²) < 4.78 is 11.1. The van der Waals surface area contributed by atoms with Crippen LogP contribution in [-0.4, -0.2) is 12.6 Å². The first-order valence-corrected chi connectivity index (χ1v) is 8.67. The van der Waals surface area contributed by atoms with Gasteiger partial charge in [-0.05, 0) is 43.9 Å². The van der Waals surface area contributed by atoms with Crippen LogP contribution in [0.25, 0.3) is 0 Å². The van der Waals surface area contributed by atoms with Crippen molar-refractivity contribution in [3.63, 3.8) is 0 Å². The largest absolute Gasteiger partial charge is 0.494 e. The predicted octanol–water partition coefficient (Wildman–Crippen LogP) is 5.05. The summed E-state index contributed by atoms with van der Waals surface area (Å²) in [6, 6.07) is 7.90. The van der Waals surface area contributed by atoms with Crippen molar-refractivity contribution in [1.82, 2.24) is 0 Å². The number of esters is 1. The molecule has 0 aliphatic carbocycles. The number of rotatable bonds is 8. The van der Waals surface area contributed by atoms with E-state index < -0.39 is 0 Å². The zero-order valence-corrected chi connectivity index (χ0v) is 13.8. The SMILES string of the molecule is CCCCCCC1CCC(c2ccc(OCC)cc2)OC1=O. The summed E-state index contributed by atoms with van der Waals surface area (Å²) in [6.07, 6.45) is 7.63. The molecule has 1 aromatic rings. The summed E-state index contributed by atoms with van der Waals surface area (Å²) >= 11 is 0. The number of ether oxygens (including phenoxy) is 2. The van der Waals surface area contributed by atoms with Gasteiger partial charge in [-0.25, -0.2) is 0 Å². The van der Waals surface area contributed by atoms with Crippen LogP contribution >= 0.6 is 0 Å². The highest BCUT2D eigenvalue weighted by atomic mass is 16.5. The molecule has 0 aromatic heterocycles. The van der Waals surface area contributed by atoms with E-state index in [2.05, 4.69) is 6.92 Å². The number of unbranched alkanes of at least 4 members (excludes halogenated alkanes) is 3. The minimum Gasteiger partial charge on any atom is -0.494 e. The van der Waals surface area contributed by atoms with Crippen molar-refractivity contribution in [1.29, 1.82) is 0 Å². The first-order valence-electron chi connectivity index (χ1n) is 8.67. The fourth-order valence-corrected chi connectivity index (χ4v) is 3.03. The van der Waals surface area contributed by atoms with Gasteiger partial charge in [0.2, 0.25) is 0 Å². The maximum atomic E-state index is 12.2. The monoisotopic (exact) mass is 304 g/mol. The smallest absolute Gasteiger partial charge is 0.309 e. The lowest BCUT2D eigenvalue weighted by Crippen LogP contribution is -2.26. The second-order valence-electron chi connectivity index (χ2n) is 6.05. The van der Waals surface area contributed by atoms with Crippen LogP contribution in [0.15, 0.2) is 24.3 Å². The molecule has 2 unspecified atom stereocenters. The van der Waals surface area contributed by atoms with Crippen molar-refractivity contribution >= 4 is 5.97 Å². The molecule has 122 valence electrons. The fourth-order valence-electron chi connectivity index (χ4n) is 3.03. The summed E-state index contributed by atoms with van der Waals surface area (Å²) in [7, 11) is 0. The van der Waals surface area contributed by atoms with Crippen LogP contribution < -0.4 is 4.74 Å². The van der Waals surface area contributed by atoms with E-state index in [0.29, 0.717) is 6.61 Å². The zero-order chi connectivity index (χ0) is 15.8. The van der Waals surface area contributed by atoms with E-state index in [1.165, 1.54) is 19.3 Å². The average molecular weight is 304 g/mol. The van der Waals surface area contributed by atoms with Crippen LogP contribution in [0.3, 0.4) is 0 Å². The summed E-state index contributed by atoms with van der Waals surface area (Å²) in [5, 5.41) is 0. The third kappa shape index (κ3) is 4.75. The molecule has 0 N–H and O–H groups in total. The molecule has 3 heteroatoms. The second kappa shape index (κ2) is 8.82. The molecule has 0 amide bonds. The second-order valence-corrected chi connectivity index (χ2v) is 6.05. The van der Waals surface area contributed by atoms with Gasteiger partial charge in [0.15, 0.2) is 0 Å². The molecule has 0 spiro atoms. The van der Waals surface area contributed by atoms with Gasteiger partial charge in [0.25, 0.3) is 0 Å². The van der Waals surface area contributed by atoms with E-state index in [1.807, 2.05) is 31.2 Å². The van der Waals surface area contributed by atoms with Crippen molar-refractivity contribution in [3.05, 3.63) is 29.8 Å². The Morgan fingerprint density at radius 3 is 2.50 bits per heavy atom. The Hall–Kier alpha value is -1.51. The van der Waals surface area contributed by atoms with Crippen molar-refractivity contribution in [2.45, 2.75) is 64.9 Å². The Morgan fingerprint density at radius 2 is 1.86 bits per heavy atom. The van der Waals surface area contributed by atoms with Gasteiger partial charge in [0.05, 0.1) is 12.5 Å². The minimum atomic E-state index is -0.0879. The van der Waals surface area contributed by atoms with Gasteiger partial charge in [-0.3, -0.25) is 4.79 Å². The van der Waals surface area contributed by atoms with Gasteiger partial charge < -0.3 is 9.47 Å². The topological polar surface area (TPSA) is 35.5 Å². The number of hydrogen-bond donors (Lipinski definition) is 0. The van der Waals surface area contributed by atoms with Gasteiger partial charge in [-0.1, -0.05) is 44.7 Å². The Kier molecular flexibility index (Phi) is 6.75. The van der Waals surface area contributed by atoms with Gasteiger partial charge in [-0.2, -0.15) is 0 Å². The normalized spacial score (nSPS) is 21.5. The molecule has 1 aliphatic rings. The highest BCUT2D eigenvalue weighted by Crippen LogP contribution is 2.34. The molecule has 1 aliphatic heterocycles. The first-order chi connectivity index (χ1) is 10.7. The van der Waals surface area contributed by atoms with Crippen molar-refractivity contribution in [3.8, 4) is 5.75 Å². The quantitative estimate of drug-likeness (QED) is 0.498. The van der Waals surface area contributed by atoms with E-state index in [9.17, 15) is 4.79 Å². The van der Waals surface area contributed by atoms with Crippen LogP contribution in [0, 0.1) is 5.92 Å². The molecule has 0 radical (unpaired) electrons. The van der Waals surface area contributed by atoms with Crippen molar-refractivity contribution in [2.24, 2.45) is 5.92 Å². The molecule has 1 saturated heterocycles. The molecular weight excluding hydrogens is 276 g/mol. The number of benzene rings is 1. The molecule has 1 heterocycles. The molecule has 1 aromatic carbocycles.